The summed E-state index contributed by atoms with van der Waals surface area (Å²) in [5, 5.41) is 0.0734. The van der Waals surface area contributed by atoms with Crippen molar-refractivity contribution in [2.45, 2.75) is 13.5 Å². The lowest BCUT2D eigenvalue weighted by Gasteiger charge is -2.17. The van der Waals surface area contributed by atoms with Crippen molar-refractivity contribution in [3.8, 4) is 0 Å². The van der Waals surface area contributed by atoms with E-state index in [0.29, 0.717) is 23.0 Å². The van der Waals surface area contributed by atoms with E-state index in [1.165, 1.54) is 18.5 Å². The molecule has 2 aromatic carbocycles. The molecule has 0 saturated heterocycles. The average Bonchev–Trinajstić information content (AvgIpc) is 2.79. The average molecular weight is 433 g/mol. The predicted octanol–water partition coefficient (Wildman–Crippen LogP) is 3.66. The minimum atomic E-state index is -0.828. The van der Waals surface area contributed by atoms with Crippen LogP contribution in [0.2, 0.25) is 0 Å². The van der Waals surface area contributed by atoms with Crippen LogP contribution in [0, 0.1) is 5.82 Å². The number of aromatic nitrogens is 2. The predicted molar refractivity (Wildman–Crippen MR) is 118 cm³/mol. The molecule has 4 aromatic rings. The Morgan fingerprint density at radius 2 is 1.94 bits per heavy atom. The zero-order valence-corrected chi connectivity index (χ0v) is 17.5. The molecule has 162 valence electrons. The molecule has 32 heavy (non-hydrogen) atoms. The quantitative estimate of drug-likeness (QED) is 0.383. The van der Waals surface area contributed by atoms with Crippen LogP contribution in [-0.2, 0) is 11.3 Å². The van der Waals surface area contributed by atoms with Gasteiger partial charge in [-0.25, -0.2) is 9.18 Å². The van der Waals surface area contributed by atoms with E-state index in [4.69, 9.17) is 4.74 Å². The van der Waals surface area contributed by atoms with Crippen LogP contribution < -0.4 is 5.43 Å². The molecule has 1 amide bonds. The standard InChI is InChI=1S/C24H20FN3O4/c1-3-32-24(31)17-12-27-21-19(22(17)29)18(25)10-15-9-16(11-26-20(15)21)23(30)28(2)13-14-7-5-4-6-8-14/h4-12H,3,13H2,1-2H3,(H,27,29). The maximum Gasteiger partial charge on any atom is 0.343 e. The van der Waals surface area contributed by atoms with Gasteiger partial charge in [-0.15, -0.1) is 0 Å². The third-order valence-corrected chi connectivity index (χ3v) is 5.11. The van der Waals surface area contributed by atoms with Gasteiger partial charge in [-0.3, -0.25) is 14.6 Å². The van der Waals surface area contributed by atoms with E-state index in [-0.39, 0.29) is 29.0 Å². The molecule has 0 radical (unpaired) electrons. The first-order chi connectivity index (χ1) is 15.4. The SMILES string of the molecule is CCOC(=O)c1c[nH]c2c(c(F)cc3cc(C(=O)N(C)Cc4ccccc4)cnc32)c1=O. The van der Waals surface area contributed by atoms with Crippen molar-refractivity contribution in [3.05, 3.63) is 87.6 Å². The molecular formula is C24H20FN3O4. The summed E-state index contributed by atoms with van der Waals surface area (Å²) < 4.78 is 19.7. The van der Waals surface area contributed by atoms with Crippen molar-refractivity contribution in [3.63, 3.8) is 0 Å². The summed E-state index contributed by atoms with van der Waals surface area (Å²) >= 11 is 0. The van der Waals surface area contributed by atoms with Crippen molar-refractivity contribution in [2.75, 3.05) is 13.7 Å². The first kappa shape index (κ1) is 21.2. The van der Waals surface area contributed by atoms with Crippen molar-refractivity contribution in [1.82, 2.24) is 14.9 Å². The second-order valence-corrected chi connectivity index (χ2v) is 7.30. The van der Waals surface area contributed by atoms with Crippen LogP contribution in [0.15, 0.2) is 59.7 Å². The summed E-state index contributed by atoms with van der Waals surface area (Å²) in [6.07, 6.45) is 2.58. The number of H-pyrrole nitrogens is 1. The Balaban J connectivity index is 1.74. The van der Waals surface area contributed by atoms with Gasteiger partial charge in [-0.2, -0.15) is 0 Å². The lowest BCUT2D eigenvalue weighted by molar-refractivity contribution is 0.0524. The number of ether oxygens (including phenoxy) is 1. The number of nitrogens with one attached hydrogen (secondary N) is 1. The second-order valence-electron chi connectivity index (χ2n) is 7.30. The molecule has 4 rings (SSSR count). The topological polar surface area (TPSA) is 92.4 Å². The summed E-state index contributed by atoms with van der Waals surface area (Å²) in [5.74, 6) is -1.91. The van der Waals surface area contributed by atoms with Gasteiger partial charge >= 0.3 is 5.97 Å². The van der Waals surface area contributed by atoms with E-state index < -0.39 is 17.2 Å². The maximum atomic E-state index is 14.9. The third kappa shape index (κ3) is 3.82. The van der Waals surface area contributed by atoms with Crippen LogP contribution in [0.1, 0.15) is 33.2 Å². The molecule has 2 heterocycles. The number of hydrogen-bond acceptors (Lipinski definition) is 5. The largest absolute Gasteiger partial charge is 0.462 e. The fourth-order valence-electron chi connectivity index (χ4n) is 3.58. The highest BCUT2D eigenvalue weighted by Crippen LogP contribution is 2.24. The minimum Gasteiger partial charge on any atom is -0.462 e. The number of carbonyl (C=O) groups excluding carboxylic acids is 2. The van der Waals surface area contributed by atoms with Crippen LogP contribution in [-0.4, -0.2) is 40.4 Å². The molecule has 7 nitrogen and oxygen atoms in total. The summed E-state index contributed by atoms with van der Waals surface area (Å²) in [4.78, 5) is 46.2. The highest BCUT2D eigenvalue weighted by Gasteiger charge is 2.20. The Kier molecular flexibility index (Phi) is 5.68. The summed E-state index contributed by atoms with van der Waals surface area (Å²) in [7, 11) is 1.68. The number of carbonyl (C=O) groups is 2. The highest BCUT2D eigenvalue weighted by atomic mass is 19.1. The van der Waals surface area contributed by atoms with E-state index in [1.54, 1.807) is 18.9 Å². The number of aromatic amines is 1. The fourth-order valence-corrected chi connectivity index (χ4v) is 3.58. The number of rotatable bonds is 5. The number of esters is 1. The number of pyridine rings is 2. The Labute approximate surface area is 182 Å². The Bertz CT molecular complexity index is 1400. The Morgan fingerprint density at radius 3 is 2.66 bits per heavy atom. The van der Waals surface area contributed by atoms with E-state index in [2.05, 4.69) is 9.97 Å². The van der Waals surface area contributed by atoms with Gasteiger partial charge in [-0.1, -0.05) is 30.3 Å². The molecule has 0 unspecified atom stereocenters. The summed E-state index contributed by atoms with van der Waals surface area (Å²) in [6, 6.07) is 12.2. The molecule has 0 spiro atoms. The van der Waals surface area contributed by atoms with E-state index in [9.17, 15) is 18.8 Å². The lowest BCUT2D eigenvalue weighted by Crippen LogP contribution is -2.26. The van der Waals surface area contributed by atoms with Gasteiger partial charge in [0.05, 0.1) is 28.6 Å². The van der Waals surface area contributed by atoms with Crippen LogP contribution in [0.25, 0.3) is 21.8 Å². The maximum absolute atomic E-state index is 14.9. The Hall–Kier alpha value is -4.07. The zero-order chi connectivity index (χ0) is 22.8. The molecule has 0 atom stereocenters. The molecular weight excluding hydrogens is 413 g/mol. The van der Waals surface area contributed by atoms with Crippen molar-refractivity contribution < 1.29 is 18.7 Å². The number of nitrogens with zero attached hydrogens (tertiary/aromatic N) is 2. The van der Waals surface area contributed by atoms with Crippen LogP contribution in [0.5, 0.6) is 0 Å². The molecule has 0 aliphatic carbocycles. The second kappa shape index (κ2) is 8.58. The molecule has 8 heteroatoms. The van der Waals surface area contributed by atoms with Gasteiger partial charge in [0.2, 0.25) is 5.43 Å². The molecule has 0 aliphatic rings. The Morgan fingerprint density at radius 1 is 1.19 bits per heavy atom. The van der Waals surface area contributed by atoms with Crippen molar-refractivity contribution in [2.24, 2.45) is 0 Å². The molecule has 0 fully saturated rings. The van der Waals surface area contributed by atoms with Gasteiger partial charge in [0.1, 0.15) is 11.4 Å². The summed E-state index contributed by atoms with van der Waals surface area (Å²) in [5.41, 5.74) is 0.670. The molecule has 0 bridgehead atoms. The number of benzene rings is 2. The molecule has 0 aliphatic heterocycles. The van der Waals surface area contributed by atoms with Gasteiger partial charge in [0, 0.05) is 31.4 Å². The minimum absolute atomic E-state index is 0.0909. The van der Waals surface area contributed by atoms with E-state index in [1.807, 2.05) is 30.3 Å². The number of hydrogen-bond donors (Lipinski definition) is 1. The number of fused-ring (bicyclic) bond motifs is 3. The van der Waals surface area contributed by atoms with Gasteiger partial charge in [-0.05, 0) is 24.6 Å². The first-order valence-electron chi connectivity index (χ1n) is 10.0. The van der Waals surface area contributed by atoms with Crippen LogP contribution in [0.3, 0.4) is 0 Å². The monoisotopic (exact) mass is 433 g/mol. The fraction of sp³-hybridized carbons (Fsp3) is 0.167. The number of amides is 1. The number of halogens is 1. The first-order valence-corrected chi connectivity index (χ1v) is 10.0. The van der Waals surface area contributed by atoms with Gasteiger partial charge < -0.3 is 14.6 Å². The van der Waals surface area contributed by atoms with Crippen LogP contribution in [0.4, 0.5) is 4.39 Å². The lowest BCUT2D eigenvalue weighted by atomic mass is 10.1. The molecule has 1 N–H and O–H groups in total. The highest BCUT2D eigenvalue weighted by molar-refractivity contribution is 6.07. The van der Waals surface area contributed by atoms with Gasteiger partial charge in [0.25, 0.3) is 5.91 Å². The van der Waals surface area contributed by atoms with Crippen molar-refractivity contribution >= 4 is 33.7 Å². The molecule has 0 saturated carbocycles. The van der Waals surface area contributed by atoms with E-state index in [0.717, 1.165) is 11.6 Å². The normalized spacial score (nSPS) is 11.0. The summed E-state index contributed by atoms with van der Waals surface area (Å²) in [6.45, 7) is 2.11. The molecule has 2 aromatic heterocycles. The van der Waals surface area contributed by atoms with E-state index >= 15 is 0 Å². The van der Waals surface area contributed by atoms with Crippen molar-refractivity contribution in [1.29, 1.82) is 0 Å². The van der Waals surface area contributed by atoms with Gasteiger partial charge in [0.15, 0.2) is 0 Å². The smallest absolute Gasteiger partial charge is 0.343 e. The van der Waals surface area contributed by atoms with Crippen LogP contribution >= 0.6 is 0 Å². The zero-order valence-electron chi connectivity index (χ0n) is 17.5. The third-order valence-electron chi connectivity index (χ3n) is 5.11.